The summed E-state index contributed by atoms with van der Waals surface area (Å²) in [6.45, 7) is 1.59. The number of benzene rings is 1. The van der Waals surface area contributed by atoms with E-state index in [1.165, 1.54) is 31.2 Å². The molecule has 1 aromatic rings. The van der Waals surface area contributed by atoms with Crippen molar-refractivity contribution in [3.63, 3.8) is 0 Å². The second-order valence-corrected chi connectivity index (χ2v) is 6.13. The topological polar surface area (TPSA) is 46.3 Å². The number of hydrogen-bond donors (Lipinski definition) is 1. The van der Waals surface area contributed by atoms with Crippen LogP contribution < -0.4 is 5.73 Å². The van der Waals surface area contributed by atoms with Gasteiger partial charge < -0.3 is 10.6 Å². The van der Waals surface area contributed by atoms with Gasteiger partial charge >= 0.3 is 0 Å². The Kier molecular flexibility index (Phi) is 4.06. The Balaban J connectivity index is 1.74. The Labute approximate surface area is 121 Å². The Morgan fingerprint density at radius 1 is 1.15 bits per heavy atom. The molecule has 3 heteroatoms. The summed E-state index contributed by atoms with van der Waals surface area (Å²) in [7, 11) is 0. The van der Waals surface area contributed by atoms with Crippen molar-refractivity contribution in [1.82, 2.24) is 4.90 Å². The normalized spacial score (nSPS) is 25.6. The highest BCUT2D eigenvalue weighted by molar-refractivity contribution is 5.94. The minimum absolute atomic E-state index is 0.223. The van der Waals surface area contributed by atoms with Crippen LogP contribution in [0.25, 0.3) is 0 Å². The fraction of sp³-hybridized carbons (Fsp3) is 0.588. The van der Waals surface area contributed by atoms with Gasteiger partial charge in [0.2, 0.25) is 0 Å². The molecule has 2 atom stereocenters. The molecule has 0 radical (unpaired) electrons. The summed E-state index contributed by atoms with van der Waals surface area (Å²) in [5, 5.41) is 0. The van der Waals surface area contributed by atoms with Crippen LogP contribution in [0, 0.1) is 5.92 Å². The fourth-order valence-corrected chi connectivity index (χ4v) is 3.85. The van der Waals surface area contributed by atoms with Gasteiger partial charge in [0.15, 0.2) is 0 Å². The van der Waals surface area contributed by atoms with Gasteiger partial charge in [0.25, 0.3) is 5.91 Å². The number of carbonyl (C=O) groups excluding carboxylic acids is 1. The van der Waals surface area contributed by atoms with Crippen molar-refractivity contribution in [2.75, 3.05) is 13.1 Å². The minimum Gasteiger partial charge on any atom is -0.335 e. The molecule has 1 heterocycles. The molecular formula is C17H24N2O. The van der Waals surface area contributed by atoms with Crippen molar-refractivity contribution in [1.29, 1.82) is 0 Å². The van der Waals surface area contributed by atoms with Gasteiger partial charge in [0.1, 0.15) is 0 Å². The van der Waals surface area contributed by atoms with E-state index in [0.29, 0.717) is 12.6 Å². The number of piperidine rings is 1. The standard InChI is InChI=1S/C17H24N2O/c18-11-10-13-6-8-15(9-7-13)17(20)19-12-2-4-14-3-1-5-16(14)19/h6-9,14,16H,1-5,10-12,18H2. The molecule has 1 saturated heterocycles. The lowest BCUT2D eigenvalue weighted by Crippen LogP contribution is -2.46. The molecule has 1 saturated carbocycles. The molecule has 2 N–H and O–H groups in total. The monoisotopic (exact) mass is 272 g/mol. The van der Waals surface area contributed by atoms with E-state index in [2.05, 4.69) is 4.90 Å². The van der Waals surface area contributed by atoms with E-state index < -0.39 is 0 Å². The second kappa shape index (κ2) is 5.96. The lowest BCUT2D eigenvalue weighted by molar-refractivity contribution is 0.0548. The molecule has 0 bridgehead atoms. The number of nitrogens with two attached hydrogens (primary N) is 1. The summed E-state index contributed by atoms with van der Waals surface area (Å²) in [5.74, 6) is 0.977. The Bertz CT molecular complexity index is 468. The number of carbonyl (C=O) groups is 1. The molecular weight excluding hydrogens is 248 g/mol. The van der Waals surface area contributed by atoms with E-state index in [-0.39, 0.29) is 5.91 Å². The van der Waals surface area contributed by atoms with E-state index in [1.807, 2.05) is 24.3 Å². The van der Waals surface area contributed by atoms with E-state index in [0.717, 1.165) is 30.9 Å². The fourth-order valence-electron chi connectivity index (χ4n) is 3.85. The average molecular weight is 272 g/mol. The minimum atomic E-state index is 0.223. The Morgan fingerprint density at radius 3 is 2.65 bits per heavy atom. The second-order valence-electron chi connectivity index (χ2n) is 6.13. The number of rotatable bonds is 3. The maximum Gasteiger partial charge on any atom is 0.254 e. The maximum absolute atomic E-state index is 12.7. The number of nitrogens with zero attached hydrogens (tertiary/aromatic N) is 1. The van der Waals surface area contributed by atoms with Crippen molar-refractivity contribution in [2.24, 2.45) is 11.7 Å². The maximum atomic E-state index is 12.7. The first-order valence-corrected chi connectivity index (χ1v) is 7.89. The molecule has 2 aliphatic rings. The molecule has 1 amide bonds. The summed E-state index contributed by atoms with van der Waals surface area (Å²) in [6.07, 6.45) is 7.14. The highest BCUT2D eigenvalue weighted by Gasteiger charge is 2.37. The van der Waals surface area contributed by atoms with E-state index in [4.69, 9.17) is 5.73 Å². The first-order chi connectivity index (χ1) is 9.79. The lowest BCUT2D eigenvalue weighted by atomic mass is 9.91. The number of amides is 1. The summed E-state index contributed by atoms with van der Waals surface area (Å²) in [4.78, 5) is 14.9. The number of fused-ring (bicyclic) bond motifs is 1. The van der Waals surface area contributed by atoms with Crippen molar-refractivity contribution in [3.05, 3.63) is 35.4 Å². The van der Waals surface area contributed by atoms with Crippen molar-refractivity contribution >= 4 is 5.91 Å². The van der Waals surface area contributed by atoms with Gasteiger partial charge in [0.05, 0.1) is 0 Å². The van der Waals surface area contributed by atoms with Gasteiger partial charge in [0, 0.05) is 18.2 Å². The first kappa shape index (κ1) is 13.6. The van der Waals surface area contributed by atoms with Crippen LogP contribution in [0.15, 0.2) is 24.3 Å². The van der Waals surface area contributed by atoms with Crippen molar-refractivity contribution in [2.45, 2.75) is 44.6 Å². The molecule has 3 rings (SSSR count). The molecule has 2 fully saturated rings. The van der Waals surface area contributed by atoms with Crippen LogP contribution in [0.5, 0.6) is 0 Å². The Morgan fingerprint density at radius 2 is 1.90 bits per heavy atom. The summed E-state index contributed by atoms with van der Waals surface area (Å²) in [6, 6.07) is 8.50. The van der Waals surface area contributed by atoms with Crippen LogP contribution in [0.4, 0.5) is 0 Å². The van der Waals surface area contributed by atoms with Gasteiger partial charge in [-0.05, 0) is 62.3 Å². The van der Waals surface area contributed by atoms with E-state index in [9.17, 15) is 4.79 Å². The number of likely N-dealkylation sites (tertiary alicyclic amines) is 1. The molecule has 1 aromatic carbocycles. The summed E-state index contributed by atoms with van der Waals surface area (Å²) >= 11 is 0. The highest BCUT2D eigenvalue weighted by atomic mass is 16.2. The van der Waals surface area contributed by atoms with Crippen molar-refractivity contribution in [3.8, 4) is 0 Å². The molecule has 1 aliphatic heterocycles. The van der Waals surface area contributed by atoms with Crippen LogP contribution in [-0.2, 0) is 6.42 Å². The van der Waals surface area contributed by atoms with Crippen molar-refractivity contribution < 1.29 is 4.79 Å². The van der Waals surface area contributed by atoms with Gasteiger partial charge in [-0.15, -0.1) is 0 Å². The van der Waals surface area contributed by atoms with Crippen LogP contribution in [-0.4, -0.2) is 29.9 Å². The highest BCUT2D eigenvalue weighted by Crippen LogP contribution is 2.37. The average Bonchev–Trinajstić information content (AvgIpc) is 2.96. The predicted molar refractivity (Wildman–Crippen MR) is 80.6 cm³/mol. The van der Waals surface area contributed by atoms with E-state index in [1.54, 1.807) is 0 Å². The zero-order chi connectivity index (χ0) is 13.9. The van der Waals surface area contributed by atoms with Crippen LogP contribution in [0.3, 0.4) is 0 Å². The SMILES string of the molecule is NCCc1ccc(C(=O)N2CCCC3CCCC32)cc1. The quantitative estimate of drug-likeness (QED) is 0.919. The third-order valence-electron chi connectivity index (χ3n) is 4.89. The molecule has 108 valence electrons. The van der Waals surface area contributed by atoms with Gasteiger partial charge in [-0.2, -0.15) is 0 Å². The summed E-state index contributed by atoms with van der Waals surface area (Å²) < 4.78 is 0. The largest absolute Gasteiger partial charge is 0.335 e. The smallest absolute Gasteiger partial charge is 0.254 e. The molecule has 1 aliphatic carbocycles. The van der Waals surface area contributed by atoms with Gasteiger partial charge in [-0.3, -0.25) is 4.79 Å². The van der Waals surface area contributed by atoms with Gasteiger partial charge in [-0.25, -0.2) is 0 Å². The molecule has 3 nitrogen and oxygen atoms in total. The predicted octanol–water partition coefficient (Wildman–Crippen LogP) is 2.59. The Hall–Kier alpha value is -1.35. The zero-order valence-electron chi connectivity index (χ0n) is 12.1. The van der Waals surface area contributed by atoms with Crippen LogP contribution in [0.1, 0.15) is 48.0 Å². The van der Waals surface area contributed by atoms with Gasteiger partial charge in [-0.1, -0.05) is 18.6 Å². The third-order valence-corrected chi connectivity index (χ3v) is 4.89. The zero-order valence-corrected chi connectivity index (χ0v) is 12.1. The first-order valence-electron chi connectivity index (χ1n) is 7.89. The molecule has 0 aromatic heterocycles. The lowest BCUT2D eigenvalue weighted by Gasteiger charge is -2.37. The van der Waals surface area contributed by atoms with Crippen LogP contribution >= 0.6 is 0 Å². The summed E-state index contributed by atoms with van der Waals surface area (Å²) in [5.41, 5.74) is 7.60. The third kappa shape index (κ3) is 2.59. The molecule has 0 spiro atoms. The van der Waals surface area contributed by atoms with Crippen LogP contribution in [0.2, 0.25) is 0 Å². The van der Waals surface area contributed by atoms with E-state index >= 15 is 0 Å². The number of hydrogen-bond acceptors (Lipinski definition) is 2. The molecule has 2 unspecified atom stereocenters. The molecule has 20 heavy (non-hydrogen) atoms.